The van der Waals surface area contributed by atoms with Gasteiger partial charge in [0.15, 0.2) is 11.5 Å². The van der Waals surface area contributed by atoms with Gasteiger partial charge in [0.1, 0.15) is 5.82 Å². The summed E-state index contributed by atoms with van der Waals surface area (Å²) in [5.41, 5.74) is 1.92. The molecule has 0 aromatic carbocycles. The molecular weight excluding hydrogens is 316 g/mol. The molecule has 7 nitrogen and oxygen atoms in total. The maximum Gasteiger partial charge on any atom is 0.224 e. The maximum atomic E-state index is 12.6. The first-order valence-corrected chi connectivity index (χ1v) is 8.53. The standard InChI is InChI=1S/C18H26N6O/c1-11(2)9-12-16(18(12,3)4)17(25)19-10-15-21-20-13-7-8-14(23(5)6)22-24(13)15/h7-9,12,16H,10H2,1-6H3,(H,19,25). The van der Waals surface area contributed by atoms with E-state index >= 15 is 0 Å². The summed E-state index contributed by atoms with van der Waals surface area (Å²) >= 11 is 0. The number of amides is 1. The first-order valence-electron chi connectivity index (χ1n) is 8.53. The minimum absolute atomic E-state index is 0.00457. The molecule has 1 amide bonds. The number of nitrogens with one attached hydrogen (secondary N) is 1. The Balaban J connectivity index is 1.72. The van der Waals surface area contributed by atoms with Crippen molar-refractivity contribution in [2.45, 2.75) is 34.2 Å². The minimum atomic E-state index is 0.00457. The van der Waals surface area contributed by atoms with E-state index in [0.29, 0.717) is 23.9 Å². The smallest absolute Gasteiger partial charge is 0.224 e. The molecule has 0 bridgehead atoms. The molecule has 1 aliphatic carbocycles. The van der Waals surface area contributed by atoms with E-state index in [1.807, 2.05) is 31.1 Å². The van der Waals surface area contributed by atoms with Crippen LogP contribution in [-0.2, 0) is 11.3 Å². The van der Waals surface area contributed by atoms with Crippen LogP contribution in [0.1, 0.15) is 33.5 Å². The van der Waals surface area contributed by atoms with Gasteiger partial charge in [-0.15, -0.1) is 15.3 Å². The molecule has 1 fully saturated rings. The summed E-state index contributed by atoms with van der Waals surface area (Å²) < 4.78 is 1.68. The van der Waals surface area contributed by atoms with Gasteiger partial charge in [0.25, 0.3) is 0 Å². The Morgan fingerprint density at radius 1 is 1.32 bits per heavy atom. The monoisotopic (exact) mass is 342 g/mol. The molecule has 0 spiro atoms. The molecule has 2 atom stereocenters. The third-order valence-electron chi connectivity index (χ3n) is 4.90. The topological polar surface area (TPSA) is 75.4 Å². The van der Waals surface area contributed by atoms with Gasteiger partial charge in [0.05, 0.1) is 12.5 Å². The van der Waals surface area contributed by atoms with Crippen molar-refractivity contribution in [2.24, 2.45) is 17.3 Å². The third kappa shape index (κ3) is 3.23. The Morgan fingerprint density at radius 2 is 2.04 bits per heavy atom. The van der Waals surface area contributed by atoms with Gasteiger partial charge in [-0.25, -0.2) is 0 Å². The normalized spacial score (nSPS) is 21.0. The van der Waals surface area contributed by atoms with E-state index in [1.165, 1.54) is 5.57 Å². The van der Waals surface area contributed by atoms with E-state index in [2.05, 4.69) is 54.4 Å². The van der Waals surface area contributed by atoms with Crippen molar-refractivity contribution in [1.82, 2.24) is 25.1 Å². The minimum Gasteiger partial charge on any atom is -0.361 e. The number of fused-ring (bicyclic) bond motifs is 1. The SMILES string of the molecule is CC(C)=CC1C(C(=O)NCc2nnc3ccc(N(C)C)nn23)C1(C)C. The molecule has 1 saturated carbocycles. The van der Waals surface area contributed by atoms with Crippen molar-refractivity contribution < 1.29 is 4.79 Å². The molecule has 3 rings (SSSR count). The van der Waals surface area contributed by atoms with E-state index in [0.717, 1.165) is 5.82 Å². The summed E-state index contributed by atoms with van der Waals surface area (Å²) in [6, 6.07) is 3.76. The lowest BCUT2D eigenvalue weighted by molar-refractivity contribution is -0.123. The lowest BCUT2D eigenvalue weighted by atomic mass is 10.1. The average molecular weight is 342 g/mol. The molecule has 2 unspecified atom stereocenters. The number of anilines is 1. The number of hydrogen-bond acceptors (Lipinski definition) is 5. The predicted octanol–water partition coefficient (Wildman–Crippen LogP) is 2.04. The second-order valence-electron chi connectivity index (χ2n) is 7.76. The second-order valence-corrected chi connectivity index (χ2v) is 7.76. The fourth-order valence-corrected chi connectivity index (χ4v) is 3.30. The Bertz CT molecular complexity index is 831. The van der Waals surface area contributed by atoms with Crippen molar-refractivity contribution >= 4 is 17.4 Å². The molecular formula is C18H26N6O. The average Bonchev–Trinajstić information content (AvgIpc) is 2.90. The molecule has 0 saturated heterocycles. The molecule has 25 heavy (non-hydrogen) atoms. The molecule has 1 N–H and O–H groups in total. The number of allylic oxidation sites excluding steroid dienone is 2. The molecule has 0 aliphatic heterocycles. The van der Waals surface area contributed by atoms with Gasteiger partial charge in [-0.2, -0.15) is 4.52 Å². The third-order valence-corrected chi connectivity index (χ3v) is 4.90. The Morgan fingerprint density at radius 3 is 2.68 bits per heavy atom. The fourth-order valence-electron chi connectivity index (χ4n) is 3.30. The van der Waals surface area contributed by atoms with Crippen molar-refractivity contribution in [1.29, 1.82) is 0 Å². The Hall–Kier alpha value is -2.44. The summed E-state index contributed by atoms with van der Waals surface area (Å²) in [5.74, 6) is 1.81. The van der Waals surface area contributed by atoms with Crippen LogP contribution < -0.4 is 10.2 Å². The molecule has 134 valence electrons. The largest absolute Gasteiger partial charge is 0.361 e. The molecule has 1 aliphatic rings. The van der Waals surface area contributed by atoms with Crippen LogP contribution in [0.2, 0.25) is 0 Å². The predicted molar refractivity (Wildman–Crippen MR) is 97.1 cm³/mol. The van der Waals surface area contributed by atoms with Crippen LogP contribution in [0.15, 0.2) is 23.8 Å². The fraction of sp³-hybridized carbons (Fsp3) is 0.556. The van der Waals surface area contributed by atoms with Gasteiger partial charge in [-0.05, 0) is 37.3 Å². The highest BCUT2D eigenvalue weighted by Crippen LogP contribution is 2.59. The lowest BCUT2D eigenvalue weighted by Crippen LogP contribution is -2.27. The van der Waals surface area contributed by atoms with Crippen LogP contribution in [0.4, 0.5) is 5.82 Å². The molecule has 2 aromatic rings. The van der Waals surface area contributed by atoms with Crippen LogP contribution >= 0.6 is 0 Å². The van der Waals surface area contributed by atoms with Crippen LogP contribution in [-0.4, -0.2) is 39.8 Å². The highest BCUT2D eigenvalue weighted by atomic mass is 16.2. The number of carbonyl (C=O) groups is 1. The molecule has 0 radical (unpaired) electrons. The second kappa shape index (κ2) is 6.13. The first kappa shape index (κ1) is 17.4. The van der Waals surface area contributed by atoms with E-state index in [4.69, 9.17) is 0 Å². The molecule has 2 heterocycles. The maximum absolute atomic E-state index is 12.6. The highest BCUT2D eigenvalue weighted by molar-refractivity contribution is 5.83. The Kier molecular flexibility index (Phi) is 4.26. The number of rotatable bonds is 5. The summed E-state index contributed by atoms with van der Waals surface area (Å²) in [4.78, 5) is 14.5. The van der Waals surface area contributed by atoms with Gasteiger partial charge >= 0.3 is 0 Å². The zero-order valence-corrected chi connectivity index (χ0v) is 15.7. The quantitative estimate of drug-likeness (QED) is 0.842. The van der Waals surface area contributed by atoms with Crippen LogP contribution in [0.3, 0.4) is 0 Å². The van der Waals surface area contributed by atoms with E-state index in [1.54, 1.807) is 4.52 Å². The molecule has 2 aromatic heterocycles. The van der Waals surface area contributed by atoms with Gasteiger partial charge in [-0.1, -0.05) is 25.5 Å². The lowest BCUT2D eigenvalue weighted by Gasteiger charge is -2.11. The Labute approximate surface area is 148 Å². The van der Waals surface area contributed by atoms with E-state index in [9.17, 15) is 4.79 Å². The van der Waals surface area contributed by atoms with Crippen LogP contribution in [0, 0.1) is 17.3 Å². The number of nitrogens with zero attached hydrogens (tertiary/aromatic N) is 5. The van der Waals surface area contributed by atoms with Crippen LogP contribution in [0.5, 0.6) is 0 Å². The molecule has 7 heteroatoms. The highest BCUT2D eigenvalue weighted by Gasteiger charge is 2.60. The van der Waals surface area contributed by atoms with Crippen LogP contribution in [0.25, 0.3) is 5.65 Å². The van der Waals surface area contributed by atoms with Crippen molar-refractivity contribution in [3.63, 3.8) is 0 Å². The summed E-state index contributed by atoms with van der Waals surface area (Å²) in [5, 5.41) is 15.8. The van der Waals surface area contributed by atoms with Crippen molar-refractivity contribution in [3.8, 4) is 0 Å². The van der Waals surface area contributed by atoms with Gasteiger partial charge in [0, 0.05) is 14.1 Å². The summed E-state index contributed by atoms with van der Waals surface area (Å²) in [6.45, 7) is 8.73. The number of aromatic nitrogens is 4. The van der Waals surface area contributed by atoms with Gasteiger partial charge in [-0.3, -0.25) is 4.79 Å². The van der Waals surface area contributed by atoms with E-state index in [-0.39, 0.29) is 17.2 Å². The number of carbonyl (C=O) groups excluding carboxylic acids is 1. The van der Waals surface area contributed by atoms with Gasteiger partial charge in [0.2, 0.25) is 5.91 Å². The zero-order valence-electron chi connectivity index (χ0n) is 15.7. The summed E-state index contributed by atoms with van der Waals surface area (Å²) in [6.07, 6.45) is 2.20. The number of hydrogen-bond donors (Lipinski definition) is 1. The summed E-state index contributed by atoms with van der Waals surface area (Å²) in [7, 11) is 3.86. The van der Waals surface area contributed by atoms with Gasteiger partial charge < -0.3 is 10.2 Å². The first-order chi connectivity index (χ1) is 11.7. The zero-order chi connectivity index (χ0) is 18.4. The van der Waals surface area contributed by atoms with E-state index < -0.39 is 0 Å². The van der Waals surface area contributed by atoms with Crippen molar-refractivity contribution in [3.05, 3.63) is 29.6 Å². The van der Waals surface area contributed by atoms with Crippen molar-refractivity contribution in [2.75, 3.05) is 19.0 Å².